The van der Waals surface area contributed by atoms with Crippen LogP contribution in [0, 0.1) is 0 Å². The van der Waals surface area contributed by atoms with Gasteiger partial charge in [0.1, 0.15) is 37.1 Å². The van der Waals surface area contributed by atoms with Gasteiger partial charge in [0.05, 0.1) is 13.2 Å². The molecule has 2 aromatic rings. The molecule has 2 aromatic carbocycles. The molecule has 1 aliphatic heterocycles. The van der Waals surface area contributed by atoms with Gasteiger partial charge < -0.3 is 28.4 Å². The molecule has 0 amide bonds. The molecule has 0 bridgehead atoms. The Labute approximate surface area is 301 Å². The van der Waals surface area contributed by atoms with Crippen molar-refractivity contribution >= 4 is 17.4 Å². The predicted molar refractivity (Wildman–Crippen MR) is 198 cm³/mol. The Morgan fingerprint density at radius 2 is 1.29 bits per heavy atom. The van der Waals surface area contributed by atoms with Crippen molar-refractivity contribution in [3.05, 3.63) is 69.2 Å². The van der Waals surface area contributed by atoms with Gasteiger partial charge in [-0.15, -0.1) is 0 Å². The van der Waals surface area contributed by atoms with E-state index in [4.69, 9.17) is 40.0 Å². The molecule has 0 aliphatic carbocycles. The monoisotopic (exact) mass is 702 g/mol. The SMILES string of the molecule is CCCCOC[C@H]1O[C@@H](c2cc(Cc3ccc(CC)cc3)c(Cl)cc2COCC(C)=O)[C@H](OCCCC)[C@@H](OCCCC)[C@@H]1OCCCC. The van der Waals surface area contributed by atoms with Crippen molar-refractivity contribution in [1.82, 2.24) is 0 Å². The summed E-state index contributed by atoms with van der Waals surface area (Å²) in [7, 11) is 0. The van der Waals surface area contributed by atoms with Crippen LogP contribution in [0.1, 0.15) is 127 Å². The molecule has 0 saturated carbocycles. The summed E-state index contributed by atoms with van der Waals surface area (Å²) in [5, 5.41) is 0.653. The summed E-state index contributed by atoms with van der Waals surface area (Å²) in [6.45, 7) is 15.4. The number of ether oxygens (including phenoxy) is 6. The van der Waals surface area contributed by atoms with E-state index >= 15 is 0 Å². The summed E-state index contributed by atoms with van der Waals surface area (Å²) < 4.78 is 39.4. The molecule has 49 heavy (non-hydrogen) atoms. The van der Waals surface area contributed by atoms with Crippen molar-refractivity contribution in [2.45, 2.75) is 143 Å². The van der Waals surface area contributed by atoms with Gasteiger partial charge in [0.2, 0.25) is 0 Å². The van der Waals surface area contributed by atoms with Gasteiger partial charge in [-0.1, -0.05) is 102 Å². The third-order valence-corrected chi connectivity index (χ3v) is 9.34. The molecule has 1 heterocycles. The van der Waals surface area contributed by atoms with Crippen LogP contribution in [-0.2, 0) is 52.7 Å². The number of hydrogen-bond donors (Lipinski definition) is 0. The van der Waals surface area contributed by atoms with Gasteiger partial charge >= 0.3 is 0 Å². The lowest BCUT2D eigenvalue weighted by atomic mass is 9.87. The van der Waals surface area contributed by atoms with Crippen LogP contribution in [0.2, 0.25) is 5.02 Å². The second-order valence-electron chi connectivity index (χ2n) is 13.3. The number of benzene rings is 2. The number of carbonyl (C=O) groups is 1. The molecule has 3 rings (SSSR count). The Bertz CT molecular complexity index is 1200. The second-order valence-corrected chi connectivity index (χ2v) is 13.7. The van der Waals surface area contributed by atoms with Gasteiger partial charge in [-0.25, -0.2) is 0 Å². The summed E-state index contributed by atoms with van der Waals surface area (Å²) in [4.78, 5) is 11.9. The Hall–Kier alpha value is -1.84. The highest BCUT2D eigenvalue weighted by molar-refractivity contribution is 6.31. The average Bonchev–Trinajstić information content (AvgIpc) is 3.09. The lowest BCUT2D eigenvalue weighted by molar-refractivity contribution is -0.268. The van der Waals surface area contributed by atoms with Crippen LogP contribution in [-0.4, -0.2) is 69.8 Å². The molecule has 0 N–H and O–H groups in total. The number of Topliss-reactive ketones (excluding diaryl/α,β-unsaturated/α-hetero) is 1. The molecule has 7 nitrogen and oxygen atoms in total. The number of halogens is 1. The first-order valence-corrected chi connectivity index (χ1v) is 19.3. The van der Waals surface area contributed by atoms with Crippen LogP contribution in [0.4, 0.5) is 0 Å². The number of ketones is 1. The van der Waals surface area contributed by atoms with Gasteiger partial charge in [-0.05, 0) is 79.3 Å². The Kier molecular flexibility index (Phi) is 20.0. The van der Waals surface area contributed by atoms with E-state index in [1.807, 2.05) is 6.07 Å². The van der Waals surface area contributed by atoms with Gasteiger partial charge in [0.15, 0.2) is 5.78 Å². The van der Waals surface area contributed by atoms with Crippen LogP contribution in [0.3, 0.4) is 0 Å². The van der Waals surface area contributed by atoms with Crippen molar-refractivity contribution < 1.29 is 33.2 Å². The first kappa shape index (κ1) is 41.6. The maximum absolute atomic E-state index is 11.9. The minimum absolute atomic E-state index is 0.0224. The minimum Gasteiger partial charge on any atom is -0.379 e. The first-order chi connectivity index (χ1) is 23.9. The topological polar surface area (TPSA) is 72.5 Å². The zero-order chi connectivity index (χ0) is 35.4. The summed E-state index contributed by atoms with van der Waals surface area (Å²) in [5.74, 6) is -0.0322. The Morgan fingerprint density at radius 1 is 0.714 bits per heavy atom. The average molecular weight is 703 g/mol. The number of unbranched alkanes of at least 4 members (excludes halogenated alkanes) is 4. The van der Waals surface area contributed by atoms with E-state index in [1.165, 1.54) is 18.1 Å². The maximum atomic E-state index is 11.9. The van der Waals surface area contributed by atoms with Crippen molar-refractivity contribution in [1.29, 1.82) is 0 Å². The number of aryl methyl sites for hydroxylation is 1. The molecule has 5 atom stereocenters. The second kappa shape index (κ2) is 23.6. The lowest BCUT2D eigenvalue weighted by Gasteiger charge is -2.47. The molecule has 0 radical (unpaired) electrons. The highest BCUT2D eigenvalue weighted by Gasteiger charge is 2.49. The van der Waals surface area contributed by atoms with Crippen molar-refractivity contribution in [3.8, 4) is 0 Å². The predicted octanol–water partition coefficient (Wildman–Crippen LogP) is 9.41. The highest BCUT2D eigenvalue weighted by Crippen LogP contribution is 2.41. The van der Waals surface area contributed by atoms with Gasteiger partial charge in [-0.3, -0.25) is 4.79 Å². The number of hydrogen-bond acceptors (Lipinski definition) is 7. The van der Waals surface area contributed by atoms with Crippen LogP contribution >= 0.6 is 11.6 Å². The van der Waals surface area contributed by atoms with E-state index in [0.717, 1.165) is 74.5 Å². The standard InChI is InChI=1S/C41H63ClO7/c1-7-12-20-44-29-37-39(46-21-13-8-2)41(48-23-15-10-4)40(47-22-14-9-3)38(49-37)35-25-33(24-32-18-16-31(11-5)17-19-32)36(42)26-34(35)28-45-27-30(6)43/h16-19,25-26,37-41H,7-15,20-24,27-29H2,1-6H3/t37-,38+,39-,40+,41+/m1/s1. The molecular weight excluding hydrogens is 640 g/mol. The third-order valence-electron chi connectivity index (χ3n) is 8.99. The molecule has 1 aliphatic rings. The fourth-order valence-corrected chi connectivity index (χ4v) is 6.28. The van der Waals surface area contributed by atoms with Crippen LogP contribution in [0.15, 0.2) is 36.4 Å². The van der Waals surface area contributed by atoms with Crippen molar-refractivity contribution in [3.63, 3.8) is 0 Å². The van der Waals surface area contributed by atoms with E-state index < -0.39 is 12.2 Å². The zero-order valence-electron chi connectivity index (χ0n) is 31.1. The van der Waals surface area contributed by atoms with E-state index in [2.05, 4.69) is 65.0 Å². The molecule has 1 fully saturated rings. The quantitative estimate of drug-likeness (QED) is 0.0955. The molecule has 0 aromatic heterocycles. The van der Waals surface area contributed by atoms with Crippen LogP contribution in [0.25, 0.3) is 0 Å². The molecule has 0 unspecified atom stereocenters. The number of rotatable bonds is 25. The smallest absolute Gasteiger partial charge is 0.155 e. The maximum Gasteiger partial charge on any atom is 0.155 e. The van der Waals surface area contributed by atoms with E-state index in [0.29, 0.717) is 44.5 Å². The summed E-state index contributed by atoms with van der Waals surface area (Å²) in [6.07, 6.45) is 7.54. The zero-order valence-corrected chi connectivity index (χ0v) is 31.9. The Morgan fingerprint density at radius 3 is 1.88 bits per heavy atom. The molecular formula is C41H63ClO7. The Balaban J connectivity index is 2.13. The fraction of sp³-hybridized carbons (Fsp3) is 0.683. The van der Waals surface area contributed by atoms with Crippen molar-refractivity contribution in [2.24, 2.45) is 0 Å². The van der Waals surface area contributed by atoms with Gasteiger partial charge in [0, 0.05) is 31.5 Å². The summed E-state index contributed by atoms with van der Waals surface area (Å²) in [5.41, 5.74) is 5.28. The highest BCUT2D eigenvalue weighted by atomic mass is 35.5. The molecule has 8 heteroatoms. The van der Waals surface area contributed by atoms with E-state index in [-0.39, 0.29) is 37.3 Å². The molecule has 276 valence electrons. The van der Waals surface area contributed by atoms with E-state index in [9.17, 15) is 4.79 Å². The summed E-state index contributed by atoms with van der Waals surface area (Å²) >= 11 is 7.00. The third kappa shape index (κ3) is 13.7. The number of carbonyl (C=O) groups excluding carboxylic acids is 1. The lowest BCUT2D eigenvalue weighted by Crippen LogP contribution is -2.58. The normalized spacial score (nSPS) is 20.9. The van der Waals surface area contributed by atoms with E-state index in [1.54, 1.807) is 0 Å². The van der Waals surface area contributed by atoms with Crippen LogP contribution in [0.5, 0.6) is 0 Å². The fourth-order valence-electron chi connectivity index (χ4n) is 6.03. The van der Waals surface area contributed by atoms with Gasteiger partial charge in [0.25, 0.3) is 0 Å². The molecule has 1 saturated heterocycles. The first-order valence-electron chi connectivity index (χ1n) is 18.9. The largest absolute Gasteiger partial charge is 0.379 e. The minimum atomic E-state index is -0.497. The molecule has 0 spiro atoms. The van der Waals surface area contributed by atoms with Crippen molar-refractivity contribution in [2.75, 3.05) is 39.6 Å². The summed E-state index contributed by atoms with van der Waals surface area (Å²) in [6, 6.07) is 12.8. The van der Waals surface area contributed by atoms with Crippen LogP contribution < -0.4 is 0 Å². The van der Waals surface area contributed by atoms with Gasteiger partial charge in [-0.2, -0.15) is 0 Å².